The molecule has 1 heterocycles. The molecular weight excluding hydrogens is 218 g/mol. The highest BCUT2D eigenvalue weighted by Crippen LogP contribution is 2.31. The Labute approximate surface area is 103 Å². The zero-order valence-corrected chi connectivity index (χ0v) is 11.2. The van der Waals surface area contributed by atoms with E-state index >= 15 is 0 Å². The van der Waals surface area contributed by atoms with Crippen LogP contribution in [0.15, 0.2) is 12.4 Å². The van der Waals surface area contributed by atoms with E-state index in [1.807, 2.05) is 20.8 Å². The first-order valence-corrected chi connectivity index (χ1v) is 5.70. The molecule has 1 aromatic rings. The first kappa shape index (κ1) is 13.9. The standard InChI is InChI=1S/C12H21N3O2/c1-6-13-10(12(2,3)17-5)9-11(16-4)15-8-7-14-9/h7-8,10,13H,6H2,1-5H3. The van der Waals surface area contributed by atoms with Crippen molar-refractivity contribution in [3.05, 3.63) is 18.1 Å². The summed E-state index contributed by atoms with van der Waals surface area (Å²) in [7, 11) is 3.28. The maximum absolute atomic E-state index is 5.52. The van der Waals surface area contributed by atoms with Gasteiger partial charge in [0.1, 0.15) is 5.69 Å². The molecule has 0 radical (unpaired) electrons. The fourth-order valence-corrected chi connectivity index (χ4v) is 1.68. The van der Waals surface area contributed by atoms with Crippen LogP contribution in [0.2, 0.25) is 0 Å². The zero-order valence-electron chi connectivity index (χ0n) is 11.2. The Hall–Kier alpha value is -1.20. The van der Waals surface area contributed by atoms with Gasteiger partial charge < -0.3 is 14.8 Å². The average molecular weight is 239 g/mol. The number of hydrogen-bond donors (Lipinski definition) is 1. The lowest BCUT2D eigenvalue weighted by Crippen LogP contribution is -2.41. The molecular formula is C12H21N3O2. The van der Waals surface area contributed by atoms with E-state index in [1.54, 1.807) is 26.6 Å². The molecule has 0 aliphatic carbocycles. The van der Waals surface area contributed by atoms with Gasteiger partial charge in [0.2, 0.25) is 5.88 Å². The van der Waals surface area contributed by atoms with Gasteiger partial charge in [-0.1, -0.05) is 6.92 Å². The maximum Gasteiger partial charge on any atom is 0.237 e. The van der Waals surface area contributed by atoms with Crippen molar-refractivity contribution >= 4 is 0 Å². The second-order valence-electron chi connectivity index (χ2n) is 4.25. The number of aromatic nitrogens is 2. The van der Waals surface area contributed by atoms with Crippen molar-refractivity contribution in [2.45, 2.75) is 32.4 Å². The van der Waals surface area contributed by atoms with E-state index < -0.39 is 0 Å². The van der Waals surface area contributed by atoms with E-state index in [4.69, 9.17) is 9.47 Å². The van der Waals surface area contributed by atoms with Gasteiger partial charge in [-0.15, -0.1) is 0 Å². The van der Waals surface area contributed by atoms with E-state index in [0.717, 1.165) is 12.2 Å². The Morgan fingerprint density at radius 3 is 2.47 bits per heavy atom. The van der Waals surface area contributed by atoms with Gasteiger partial charge in [0.25, 0.3) is 0 Å². The molecule has 0 aromatic carbocycles. The molecule has 1 rings (SSSR count). The van der Waals surface area contributed by atoms with Crippen LogP contribution in [0.3, 0.4) is 0 Å². The number of nitrogens with zero attached hydrogens (tertiary/aromatic N) is 2. The fraction of sp³-hybridized carbons (Fsp3) is 0.667. The van der Waals surface area contributed by atoms with Gasteiger partial charge >= 0.3 is 0 Å². The molecule has 0 fully saturated rings. The van der Waals surface area contributed by atoms with Gasteiger partial charge in [0.15, 0.2) is 0 Å². The number of methoxy groups -OCH3 is 2. The molecule has 0 aliphatic rings. The number of nitrogens with one attached hydrogen (secondary N) is 1. The quantitative estimate of drug-likeness (QED) is 0.816. The van der Waals surface area contributed by atoms with Crippen LogP contribution in [0.1, 0.15) is 32.5 Å². The molecule has 0 amide bonds. The maximum atomic E-state index is 5.52. The highest BCUT2D eigenvalue weighted by Gasteiger charge is 2.33. The summed E-state index contributed by atoms with van der Waals surface area (Å²) in [6, 6.07) is -0.0684. The lowest BCUT2D eigenvalue weighted by molar-refractivity contribution is -0.0126. The Kier molecular flexibility index (Phi) is 4.84. The van der Waals surface area contributed by atoms with Crippen molar-refractivity contribution in [1.29, 1.82) is 0 Å². The van der Waals surface area contributed by atoms with Crippen molar-refractivity contribution in [2.75, 3.05) is 20.8 Å². The topological polar surface area (TPSA) is 56.3 Å². The molecule has 0 saturated carbocycles. The van der Waals surface area contributed by atoms with Gasteiger partial charge in [0.05, 0.1) is 18.8 Å². The normalized spacial score (nSPS) is 13.5. The van der Waals surface area contributed by atoms with Crippen molar-refractivity contribution < 1.29 is 9.47 Å². The molecule has 5 heteroatoms. The van der Waals surface area contributed by atoms with Gasteiger partial charge in [-0.25, -0.2) is 4.98 Å². The summed E-state index contributed by atoms with van der Waals surface area (Å²) in [6.45, 7) is 6.88. The Bertz CT molecular complexity index is 355. The number of likely N-dealkylation sites (N-methyl/N-ethyl adjacent to an activating group) is 1. The van der Waals surface area contributed by atoms with Crippen molar-refractivity contribution in [3.8, 4) is 5.88 Å². The smallest absolute Gasteiger partial charge is 0.237 e. The molecule has 0 aliphatic heterocycles. The molecule has 1 N–H and O–H groups in total. The molecule has 1 atom stereocenters. The minimum absolute atomic E-state index is 0.0684. The van der Waals surface area contributed by atoms with Crippen molar-refractivity contribution in [2.24, 2.45) is 0 Å². The minimum atomic E-state index is -0.390. The third kappa shape index (κ3) is 3.14. The third-order valence-corrected chi connectivity index (χ3v) is 2.79. The van der Waals surface area contributed by atoms with E-state index in [2.05, 4.69) is 15.3 Å². The molecule has 5 nitrogen and oxygen atoms in total. The van der Waals surface area contributed by atoms with E-state index in [-0.39, 0.29) is 11.6 Å². The van der Waals surface area contributed by atoms with Crippen LogP contribution in [-0.2, 0) is 4.74 Å². The fourth-order valence-electron chi connectivity index (χ4n) is 1.68. The van der Waals surface area contributed by atoms with Crippen LogP contribution in [0.5, 0.6) is 5.88 Å². The minimum Gasteiger partial charge on any atom is -0.480 e. The molecule has 1 unspecified atom stereocenters. The van der Waals surface area contributed by atoms with Crippen LogP contribution in [0, 0.1) is 0 Å². The van der Waals surface area contributed by atoms with Gasteiger partial charge in [-0.3, -0.25) is 4.98 Å². The van der Waals surface area contributed by atoms with Crippen LogP contribution in [0.25, 0.3) is 0 Å². The average Bonchev–Trinajstić information content (AvgIpc) is 2.35. The Morgan fingerprint density at radius 1 is 1.29 bits per heavy atom. The van der Waals surface area contributed by atoms with E-state index in [1.165, 1.54) is 0 Å². The lowest BCUT2D eigenvalue weighted by atomic mass is 9.95. The Morgan fingerprint density at radius 2 is 1.94 bits per heavy atom. The molecule has 1 aromatic heterocycles. The van der Waals surface area contributed by atoms with Crippen LogP contribution < -0.4 is 10.1 Å². The lowest BCUT2D eigenvalue weighted by Gasteiger charge is -2.33. The van der Waals surface area contributed by atoms with Crippen molar-refractivity contribution in [1.82, 2.24) is 15.3 Å². The SMILES string of the molecule is CCNC(c1nccnc1OC)C(C)(C)OC. The first-order valence-electron chi connectivity index (χ1n) is 5.70. The van der Waals surface area contributed by atoms with E-state index in [0.29, 0.717) is 5.88 Å². The van der Waals surface area contributed by atoms with Gasteiger partial charge in [0, 0.05) is 19.5 Å². The van der Waals surface area contributed by atoms with Crippen molar-refractivity contribution in [3.63, 3.8) is 0 Å². The zero-order chi connectivity index (χ0) is 12.9. The predicted octanol–water partition coefficient (Wildman–Crippen LogP) is 1.56. The second kappa shape index (κ2) is 5.93. The third-order valence-electron chi connectivity index (χ3n) is 2.79. The number of rotatable bonds is 6. The molecule has 0 bridgehead atoms. The van der Waals surface area contributed by atoms with Crippen LogP contribution in [0.4, 0.5) is 0 Å². The molecule has 96 valence electrons. The summed E-state index contributed by atoms with van der Waals surface area (Å²) in [5.74, 6) is 0.531. The number of ether oxygens (including phenoxy) is 2. The summed E-state index contributed by atoms with van der Waals surface area (Å²) in [5.41, 5.74) is 0.378. The van der Waals surface area contributed by atoms with E-state index in [9.17, 15) is 0 Å². The molecule has 17 heavy (non-hydrogen) atoms. The first-order chi connectivity index (χ1) is 8.06. The number of hydrogen-bond acceptors (Lipinski definition) is 5. The van der Waals surface area contributed by atoms with Gasteiger partial charge in [-0.05, 0) is 20.4 Å². The molecule has 0 saturated heterocycles. The predicted molar refractivity (Wildman–Crippen MR) is 66.1 cm³/mol. The highest BCUT2D eigenvalue weighted by molar-refractivity contribution is 5.23. The highest BCUT2D eigenvalue weighted by atomic mass is 16.5. The Balaban J connectivity index is 3.13. The summed E-state index contributed by atoms with van der Waals surface area (Å²) in [5, 5.41) is 3.36. The monoisotopic (exact) mass is 239 g/mol. The second-order valence-corrected chi connectivity index (χ2v) is 4.25. The summed E-state index contributed by atoms with van der Waals surface area (Å²) in [6.07, 6.45) is 3.28. The van der Waals surface area contributed by atoms with Crippen LogP contribution in [-0.4, -0.2) is 36.3 Å². The van der Waals surface area contributed by atoms with Crippen LogP contribution >= 0.6 is 0 Å². The summed E-state index contributed by atoms with van der Waals surface area (Å²) < 4.78 is 10.8. The largest absolute Gasteiger partial charge is 0.480 e. The van der Waals surface area contributed by atoms with Gasteiger partial charge in [-0.2, -0.15) is 0 Å². The summed E-state index contributed by atoms with van der Waals surface area (Å²) >= 11 is 0. The summed E-state index contributed by atoms with van der Waals surface area (Å²) in [4.78, 5) is 8.52. The molecule has 0 spiro atoms.